The Bertz CT molecular complexity index is 1690. The molecule has 9 nitrogen and oxygen atoms in total. The van der Waals surface area contributed by atoms with Crippen molar-refractivity contribution in [3.05, 3.63) is 41.0 Å². The first-order chi connectivity index (χ1) is 24.1. The van der Waals surface area contributed by atoms with Gasteiger partial charge in [-0.3, -0.25) is 0 Å². The molecule has 3 saturated heterocycles. The second-order valence-electron chi connectivity index (χ2n) is 17.1. The molecule has 3 N–H and O–H groups in total. The van der Waals surface area contributed by atoms with Gasteiger partial charge in [0.15, 0.2) is 17.0 Å². The Labute approximate surface area is 311 Å². The summed E-state index contributed by atoms with van der Waals surface area (Å²) in [6.45, 7) is 14.3. The van der Waals surface area contributed by atoms with Crippen molar-refractivity contribution in [3.63, 3.8) is 0 Å². The van der Waals surface area contributed by atoms with Crippen LogP contribution in [0.15, 0.2) is 18.7 Å². The molecule has 19 heteroatoms. The zero-order chi connectivity index (χ0) is 42.9. The molecule has 6 unspecified atom stereocenters. The molecule has 4 rings (SSSR count). The molecule has 0 saturated carbocycles. The molecule has 3 fully saturated rings. The third-order valence-electron chi connectivity index (χ3n) is 10.5. The zero-order valence-electron chi connectivity index (χ0n) is 32.3. The van der Waals surface area contributed by atoms with Gasteiger partial charge in [-0.05, 0) is 111 Å². The van der Waals surface area contributed by atoms with Crippen molar-refractivity contribution >= 4 is 5.57 Å². The Kier molecular flexibility index (Phi) is 10.5. The third-order valence-corrected chi connectivity index (χ3v) is 10.5. The SMILES string of the molecule is C=C(C)c1cc(C(C)(C)OC2(C)COC(C)(O)C2)cc(C(C)(C)OC2(C)COC(O)(C(F)(F)F)C2(F)F)c1C(C)(C)OC1(C)COC(O)(C(F)(F)F)C1(F)F. The van der Waals surface area contributed by atoms with Gasteiger partial charge in [-0.25, -0.2) is 0 Å². The van der Waals surface area contributed by atoms with Crippen LogP contribution in [-0.4, -0.2) is 93.5 Å². The van der Waals surface area contributed by atoms with Gasteiger partial charge in [0.1, 0.15) is 0 Å². The van der Waals surface area contributed by atoms with Gasteiger partial charge >= 0.3 is 35.8 Å². The normalized spacial score (nSPS) is 35.8. The van der Waals surface area contributed by atoms with Crippen LogP contribution in [0.3, 0.4) is 0 Å². The largest absolute Gasteiger partial charge is 0.449 e. The molecule has 3 aliphatic heterocycles. The average Bonchev–Trinajstić information content (AvgIpc) is 3.43. The first-order valence-corrected chi connectivity index (χ1v) is 17.0. The first kappa shape index (κ1) is 45.6. The molecule has 0 radical (unpaired) electrons. The van der Waals surface area contributed by atoms with Crippen LogP contribution in [0.2, 0.25) is 0 Å². The van der Waals surface area contributed by atoms with Crippen LogP contribution >= 0.6 is 0 Å². The average molecular weight is 815 g/mol. The predicted molar refractivity (Wildman–Crippen MR) is 174 cm³/mol. The second kappa shape index (κ2) is 12.7. The summed E-state index contributed by atoms with van der Waals surface area (Å²) in [5.41, 5.74) is -13.3. The van der Waals surface area contributed by atoms with Gasteiger partial charge in [-0.2, -0.15) is 43.9 Å². The van der Waals surface area contributed by atoms with Gasteiger partial charge in [-0.1, -0.05) is 12.2 Å². The van der Waals surface area contributed by atoms with Crippen molar-refractivity contribution in [1.29, 1.82) is 0 Å². The quantitative estimate of drug-likeness (QED) is 0.205. The number of rotatable bonds is 10. The molecule has 0 spiro atoms. The molecule has 0 aliphatic carbocycles. The number of ether oxygens (including phenoxy) is 6. The van der Waals surface area contributed by atoms with E-state index in [1.807, 2.05) is 0 Å². The molecule has 1 aromatic rings. The van der Waals surface area contributed by atoms with Crippen molar-refractivity contribution in [3.8, 4) is 0 Å². The Morgan fingerprint density at radius 3 is 1.42 bits per heavy atom. The van der Waals surface area contributed by atoms with Crippen molar-refractivity contribution < 1.29 is 87.6 Å². The van der Waals surface area contributed by atoms with Crippen LogP contribution < -0.4 is 0 Å². The van der Waals surface area contributed by atoms with Crippen molar-refractivity contribution in [2.24, 2.45) is 0 Å². The maximum Gasteiger partial charge on any atom is 0.449 e. The van der Waals surface area contributed by atoms with E-state index < -0.39 is 88.4 Å². The van der Waals surface area contributed by atoms with Crippen molar-refractivity contribution in [2.45, 2.75) is 158 Å². The van der Waals surface area contributed by atoms with E-state index in [9.17, 15) is 41.7 Å². The molecule has 55 heavy (non-hydrogen) atoms. The standard InChI is InChI=1S/C36H48F10O9/c1-19(2)21-13-20(24(3,4)53-27(9)15-30(12,47)50-16-27)14-22(25(5,6)54-28(10)17-51-33(48,31(28,37)38)35(41,42)43)23(21)26(7,8)55-29(11)18-52-34(49,32(29,39)40)36(44,45)46/h13-14,47-49H,1,15-18H2,2-12H3. The van der Waals surface area contributed by atoms with E-state index in [-0.39, 0.29) is 40.9 Å². The summed E-state index contributed by atoms with van der Waals surface area (Å²) in [4.78, 5) is 0. The highest BCUT2D eigenvalue weighted by Gasteiger charge is 2.83. The van der Waals surface area contributed by atoms with Crippen LogP contribution in [0.1, 0.15) is 105 Å². The summed E-state index contributed by atoms with van der Waals surface area (Å²) in [7, 11) is 0. The summed E-state index contributed by atoms with van der Waals surface area (Å²) in [5, 5.41) is 30.7. The van der Waals surface area contributed by atoms with Gasteiger partial charge in [-0.15, -0.1) is 0 Å². The minimum Gasteiger partial charge on any atom is -0.366 e. The summed E-state index contributed by atoms with van der Waals surface area (Å²) >= 11 is 0. The fraction of sp³-hybridized carbons (Fsp3) is 0.778. The van der Waals surface area contributed by atoms with Gasteiger partial charge in [0.05, 0.1) is 42.2 Å². The highest BCUT2D eigenvalue weighted by atomic mass is 19.4. The van der Waals surface area contributed by atoms with E-state index in [1.165, 1.54) is 26.0 Å². The number of halogens is 10. The van der Waals surface area contributed by atoms with Gasteiger partial charge in [0, 0.05) is 6.42 Å². The molecule has 0 amide bonds. The highest BCUT2D eigenvalue weighted by molar-refractivity contribution is 5.69. The van der Waals surface area contributed by atoms with Crippen LogP contribution in [0.5, 0.6) is 0 Å². The second-order valence-corrected chi connectivity index (χ2v) is 17.1. The number of benzene rings is 1. The third kappa shape index (κ3) is 7.10. The fourth-order valence-corrected chi connectivity index (χ4v) is 7.80. The van der Waals surface area contributed by atoms with E-state index in [0.29, 0.717) is 13.8 Å². The van der Waals surface area contributed by atoms with Crippen LogP contribution in [0.4, 0.5) is 43.9 Å². The van der Waals surface area contributed by atoms with Crippen molar-refractivity contribution in [1.82, 2.24) is 0 Å². The number of hydrogen-bond acceptors (Lipinski definition) is 9. The topological polar surface area (TPSA) is 116 Å². The minimum atomic E-state index is -6.00. The van der Waals surface area contributed by atoms with E-state index in [1.54, 1.807) is 20.8 Å². The summed E-state index contributed by atoms with van der Waals surface area (Å²) in [6, 6.07) is 2.78. The maximum absolute atomic E-state index is 15.8. The Hall–Kier alpha value is -2.10. The summed E-state index contributed by atoms with van der Waals surface area (Å²) in [6.07, 6.45) is -12.0. The van der Waals surface area contributed by atoms with E-state index in [0.717, 1.165) is 27.7 Å². The van der Waals surface area contributed by atoms with E-state index in [2.05, 4.69) is 16.1 Å². The van der Waals surface area contributed by atoms with Crippen LogP contribution in [0.25, 0.3) is 5.57 Å². The lowest BCUT2D eigenvalue weighted by Gasteiger charge is -2.46. The molecule has 0 aromatic heterocycles. The van der Waals surface area contributed by atoms with Gasteiger partial charge in [0.25, 0.3) is 0 Å². The monoisotopic (exact) mass is 814 g/mol. The van der Waals surface area contributed by atoms with E-state index >= 15 is 17.6 Å². The number of alkyl halides is 10. The molecular formula is C36H48F10O9. The zero-order valence-corrected chi connectivity index (χ0v) is 32.3. The number of hydrogen-bond donors (Lipinski definition) is 3. The minimum absolute atomic E-state index is 0.00805. The van der Waals surface area contributed by atoms with Crippen molar-refractivity contribution in [2.75, 3.05) is 19.8 Å². The molecule has 1 aromatic carbocycles. The van der Waals surface area contributed by atoms with E-state index in [4.69, 9.17) is 18.9 Å². The molecule has 316 valence electrons. The molecule has 0 bridgehead atoms. The van der Waals surface area contributed by atoms with Gasteiger partial charge in [0.2, 0.25) is 0 Å². The maximum atomic E-state index is 15.8. The Morgan fingerprint density at radius 2 is 1.07 bits per heavy atom. The summed E-state index contributed by atoms with van der Waals surface area (Å²) in [5.74, 6) is -21.8. The lowest BCUT2D eigenvalue weighted by Crippen LogP contribution is -2.64. The number of allylic oxidation sites excluding steroid dienone is 1. The number of aliphatic hydroxyl groups is 3. The first-order valence-electron chi connectivity index (χ1n) is 17.0. The van der Waals surface area contributed by atoms with Crippen LogP contribution in [-0.2, 0) is 45.2 Å². The Balaban J connectivity index is 1.98. The molecular weight excluding hydrogens is 766 g/mol. The Morgan fingerprint density at radius 1 is 0.655 bits per heavy atom. The molecule has 3 heterocycles. The predicted octanol–water partition coefficient (Wildman–Crippen LogP) is 7.71. The molecule has 6 atom stereocenters. The smallest absolute Gasteiger partial charge is 0.366 e. The van der Waals surface area contributed by atoms with Gasteiger partial charge < -0.3 is 43.7 Å². The lowest BCUT2D eigenvalue weighted by atomic mass is 9.76. The van der Waals surface area contributed by atoms with Crippen LogP contribution in [0, 0.1) is 0 Å². The molecule has 3 aliphatic rings. The lowest BCUT2D eigenvalue weighted by molar-refractivity contribution is -0.412. The highest BCUT2D eigenvalue weighted by Crippen LogP contribution is 2.59. The summed E-state index contributed by atoms with van der Waals surface area (Å²) < 4.78 is 178. The fourth-order valence-electron chi connectivity index (χ4n) is 7.80.